The van der Waals surface area contributed by atoms with E-state index in [1.54, 1.807) is 13.8 Å². The van der Waals surface area contributed by atoms with Crippen molar-refractivity contribution in [3.63, 3.8) is 0 Å². The van der Waals surface area contributed by atoms with E-state index in [9.17, 15) is 14.4 Å². The number of rotatable bonds is 7. The Hall–Kier alpha value is -1.65. The van der Waals surface area contributed by atoms with Gasteiger partial charge < -0.3 is 9.47 Å². The maximum atomic E-state index is 11.5. The number of ketones is 1. The predicted molar refractivity (Wildman–Crippen MR) is 56.6 cm³/mol. The molecule has 0 amide bonds. The first kappa shape index (κ1) is 14.3. The minimum atomic E-state index is -1.14. The Morgan fingerprint density at radius 2 is 1.75 bits per heavy atom. The standard InChI is InChI=1S/C11H16O5/c1-4-7-8(10(13)15-5-2)9(12)11(14)16-6-3/h4,8H,1,5-7H2,2-3H3/t8-/m1/s1. The lowest BCUT2D eigenvalue weighted by atomic mass is 10.0. The molecule has 16 heavy (non-hydrogen) atoms. The minimum Gasteiger partial charge on any atom is -0.465 e. The van der Waals surface area contributed by atoms with E-state index in [0.29, 0.717) is 0 Å². The number of allylic oxidation sites excluding steroid dienone is 1. The second-order valence-electron chi connectivity index (χ2n) is 2.91. The van der Waals surface area contributed by atoms with E-state index in [4.69, 9.17) is 4.74 Å². The van der Waals surface area contributed by atoms with Crippen LogP contribution in [0.15, 0.2) is 12.7 Å². The topological polar surface area (TPSA) is 69.7 Å². The van der Waals surface area contributed by atoms with Crippen molar-refractivity contribution in [3.05, 3.63) is 12.7 Å². The molecule has 0 unspecified atom stereocenters. The van der Waals surface area contributed by atoms with Crippen LogP contribution in [-0.2, 0) is 23.9 Å². The second-order valence-corrected chi connectivity index (χ2v) is 2.91. The molecular formula is C11H16O5. The molecule has 0 saturated heterocycles. The largest absolute Gasteiger partial charge is 0.465 e. The molecule has 0 aromatic rings. The van der Waals surface area contributed by atoms with E-state index in [0.717, 1.165) is 0 Å². The van der Waals surface area contributed by atoms with Crippen molar-refractivity contribution >= 4 is 17.7 Å². The number of carbonyl (C=O) groups excluding carboxylic acids is 3. The van der Waals surface area contributed by atoms with Crippen LogP contribution < -0.4 is 0 Å². The fourth-order valence-corrected chi connectivity index (χ4v) is 1.06. The number of hydrogen-bond donors (Lipinski definition) is 0. The lowest BCUT2D eigenvalue weighted by Gasteiger charge is -2.11. The van der Waals surface area contributed by atoms with Gasteiger partial charge in [0.05, 0.1) is 13.2 Å². The highest BCUT2D eigenvalue weighted by Gasteiger charge is 2.32. The molecule has 0 rings (SSSR count). The molecule has 0 aliphatic carbocycles. The minimum absolute atomic E-state index is 0.0660. The number of esters is 2. The smallest absolute Gasteiger partial charge is 0.375 e. The number of Topliss-reactive ketones (excluding diaryl/α,β-unsaturated/α-hetero) is 1. The Morgan fingerprint density at radius 1 is 1.19 bits per heavy atom. The Labute approximate surface area is 94.4 Å². The van der Waals surface area contributed by atoms with Gasteiger partial charge in [-0.3, -0.25) is 9.59 Å². The van der Waals surface area contributed by atoms with Gasteiger partial charge in [-0.15, -0.1) is 6.58 Å². The predicted octanol–water partition coefficient (Wildman–Crippen LogP) is 0.874. The van der Waals surface area contributed by atoms with Gasteiger partial charge in [0, 0.05) is 0 Å². The summed E-state index contributed by atoms with van der Waals surface area (Å²) in [5.41, 5.74) is 0. The van der Waals surface area contributed by atoms with E-state index >= 15 is 0 Å². The molecule has 5 nitrogen and oxygen atoms in total. The van der Waals surface area contributed by atoms with E-state index in [1.165, 1.54) is 6.08 Å². The molecule has 0 aromatic carbocycles. The highest BCUT2D eigenvalue weighted by atomic mass is 16.5. The maximum absolute atomic E-state index is 11.5. The van der Waals surface area contributed by atoms with Crippen molar-refractivity contribution in [2.24, 2.45) is 5.92 Å². The van der Waals surface area contributed by atoms with Crippen molar-refractivity contribution in [1.29, 1.82) is 0 Å². The molecule has 0 radical (unpaired) electrons. The van der Waals surface area contributed by atoms with Gasteiger partial charge in [-0.05, 0) is 20.3 Å². The molecule has 0 spiro atoms. The molecule has 1 atom stereocenters. The number of carbonyl (C=O) groups is 3. The molecule has 0 aromatic heterocycles. The summed E-state index contributed by atoms with van der Waals surface area (Å²) in [6.45, 7) is 6.87. The lowest BCUT2D eigenvalue weighted by Crippen LogP contribution is -2.32. The van der Waals surface area contributed by atoms with Crippen molar-refractivity contribution in [1.82, 2.24) is 0 Å². The maximum Gasteiger partial charge on any atom is 0.375 e. The highest BCUT2D eigenvalue weighted by molar-refractivity contribution is 6.37. The average Bonchev–Trinajstić information content (AvgIpc) is 2.25. The third kappa shape index (κ3) is 4.25. The van der Waals surface area contributed by atoms with Crippen LogP contribution >= 0.6 is 0 Å². The lowest BCUT2D eigenvalue weighted by molar-refractivity contribution is -0.161. The zero-order valence-electron chi connectivity index (χ0n) is 9.52. The molecule has 0 N–H and O–H groups in total. The van der Waals surface area contributed by atoms with Crippen LogP contribution in [0.5, 0.6) is 0 Å². The summed E-state index contributed by atoms with van der Waals surface area (Å²) in [5.74, 6) is -3.76. The zero-order chi connectivity index (χ0) is 12.6. The van der Waals surface area contributed by atoms with E-state index < -0.39 is 23.6 Å². The van der Waals surface area contributed by atoms with Gasteiger partial charge in [-0.25, -0.2) is 4.79 Å². The second kappa shape index (κ2) is 7.62. The summed E-state index contributed by atoms with van der Waals surface area (Å²) in [4.78, 5) is 34.1. The molecule has 0 heterocycles. The molecular weight excluding hydrogens is 212 g/mol. The van der Waals surface area contributed by atoms with Crippen LogP contribution in [0.3, 0.4) is 0 Å². The van der Waals surface area contributed by atoms with Crippen LogP contribution in [-0.4, -0.2) is 30.9 Å². The molecule has 0 aliphatic heterocycles. The number of ether oxygens (including phenoxy) is 2. The van der Waals surface area contributed by atoms with Gasteiger partial charge in [0.25, 0.3) is 5.78 Å². The Kier molecular flexibility index (Phi) is 6.83. The van der Waals surface area contributed by atoms with Crippen LogP contribution in [0.25, 0.3) is 0 Å². The molecule has 5 heteroatoms. The number of hydrogen-bond acceptors (Lipinski definition) is 5. The molecule has 0 bridgehead atoms. The van der Waals surface area contributed by atoms with Gasteiger partial charge in [-0.1, -0.05) is 6.08 Å². The summed E-state index contributed by atoms with van der Waals surface area (Å²) in [6, 6.07) is 0. The molecule has 0 fully saturated rings. The first-order valence-electron chi connectivity index (χ1n) is 5.06. The summed E-state index contributed by atoms with van der Waals surface area (Å²) in [5, 5.41) is 0. The van der Waals surface area contributed by atoms with Crippen molar-refractivity contribution in [2.75, 3.05) is 13.2 Å². The van der Waals surface area contributed by atoms with E-state index in [2.05, 4.69) is 11.3 Å². The van der Waals surface area contributed by atoms with Crippen LogP contribution in [0, 0.1) is 5.92 Å². The van der Waals surface area contributed by atoms with E-state index in [-0.39, 0.29) is 19.6 Å². The first-order chi connectivity index (χ1) is 7.58. The highest BCUT2D eigenvalue weighted by Crippen LogP contribution is 2.09. The van der Waals surface area contributed by atoms with Crippen LogP contribution in [0.1, 0.15) is 20.3 Å². The van der Waals surface area contributed by atoms with Gasteiger partial charge in [0.2, 0.25) is 0 Å². The monoisotopic (exact) mass is 228 g/mol. The third-order valence-electron chi connectivity index (χ3n) is 1.77. The summed E-state index contributed by atoms with van der Waals surface area (Å²) in [7, 11) is 0. The molecule has 90 valence electrons. The third-order valence-corrected chi connectivity index (χ3v) is 1.77. The van der Waals surface area contributed by atoms with Gasteiger partial charge in [0.1, 0.15) is 5.92 Å². The Morgan fingerprint density at radius 3 is 2.19 bits per heavy atom. The fraction of sp³-hybridized carbons (Fsp3) is 0.545. The zero-order valence-corrected chi connectivity index (χ0v) is 9.52. The van der Waals surface area contributed by atoms with Gasteiger partial charge in [0.15, 0.2) is 0 Å². The van der Waals surface area contributed by atoms with Crippen molar-refractivity contribution in [3.8, 4) is 0 Å². The summed E-state index contributed by atoms with van der Waals surface area (Å²) >= 11 is 0. The Balaban J connectivity index is 4.63. The normalized spacial score (nSPS) is 11.4. The average molecular weight is 228 g/mol. The van der Waals surface area contributed by atoms with Crippen molar-refractivity contribution in [2.45, 2.75) is 20.3 Å². The first-order valence-corrected chi connectivity index (χ1v) is 5.06. The fourth-order valence-electron chi connectivity index (χ4n) is 1.06. The molecule has 0 aliphatic rings. The van der Waals surface area contributed by atoms with Gasteiger partial charge >= 0.3 is 11.9 Å². The Bertz CT molecular complexity index is 282. The SMILES string of the molecule is C=CC[C@@H](C(=O)OCC)C(=O)C(=O)OCC. The van der Waals surface area contributed by atoms with E-state index in [1.807, 2.05) is 0 Å². The molecule has 0 saturated carbocycles. The van der Waals surface area contributed by atoms with Crippen LogP contribution in [0.2, 0.25) is 0 Å². The van der Waals surface area contributed by atoms with Crippen molar-refractivity contribution < 1.29 is 23.9 Å². The summed E-state index contributed by atoms with van der Waals surface area (Å²) < 4.78 is 9.22. The van der Waals surface area contributed by atoms with Crippen LogP contribution in [0.4, 0.5) is 0 Å². The van der Waals surface area contributed by atoms with Gasteiger partial charge in [-0.2, -0.15) is 0 Å². The summed E-state index contributed by atoms with van der Waals surface area (Å²) in [6.07, 6.45) is 1.45. The quantitative estimate of drug-likeness (QED) is 0.280.